The number of nitrogens with one attached hydrogen (secondary N) is 1. The highest BCUT2D eigenvalue weighted by Gasteiger charge is 2.36. The van der Waals surface area contributed by atoms with Crippen molar-refractivity contribution in [3.05, 3.63) is 60.2 Å². The van der Waals surface area contributed by atoms with Crippen molar-refractivity contribution in [3.8, 4) is 11.5 Å². The Hall–Kier alpha value is -1.80. The monoisotopic (exact) mass is 322 g/mol. The van der Waals surface area contributed by atoms with E-state index >= 15 is 0 Å². The Morgan fingerprint density at radius 2 is 1.62 bits per heavy atom. The molecule has 126 valence electrons. The zero-order chi connectivity index (χ0) is 16.2. The summed E-state index contributed by atoms with van der Waals surface area (Å²) in [6.07, 6.45) is 8.64. The molecule has 2 heteroatoms. The normalized spacial score (nSPS) is 26.6. The minimum atomic E-state index is 0.895. The van der Waals surface area contributed by atoms with Crippen molar-refractivity contribution >= 4 is 0 Å². The van der Waals surface area contributed by atoms with Gasteiger partial charge < -0.3 is 9.64 Å². The van der Waals surface area contributed by atoms with E-state index < -0.39 is 0 Å². The minimum absolute atomic E-state index is 0.895. The van der Waals surface area contributed by atoms with Gasteiger partial charge in [-0.2, -0.15) is 0 Å². The molecule has 1 N–H and O–H groups in total. The zero-order valence-corrected chi connectivity index (χ0v) is 14.4. The number of hydrogen-bond acceptors (Lipinski definition) is 1. The zero-order valence-electron chi connectivity index (χ0n) is 14.4. The number of para-hydroxylation sites is 1. The third-order valence-corrected chi connectivity index (χ3v) is 5.81. The van der Waals surface area contributed by atoms with Crippen LogP contribution in [0.3, 0.4) is 0 Å². The quantitative estimate of drug-likeness (QED) is 0.890. The van der Waals surface area contributed by atoms with Gasteiger partial charge >= 0.3 is 0 Å². The topological polar surface area (TPSA) is 13.7 Å². The highest BCUT2D eigenvalue weighted by molar-refractivity contribution is 5.33. The fourth-order valence-electron chi connectivity index (χ4n) is 4.69. The molecule has 4 rings (SSSR count). The smallest absolute Gasteiger partial charge is 0.127 e. The van der Waals surface area contributed by atoms with Crippen LogP contribution in [0.4, 0.5) is 0 Å². The maximum atomic E-state index is 6.01. The van der Waals surface area contributed by atoms with Gasteiger partial charge in [0.2, 0.25) is 0 Å². The molecular weight excluding hydrogens is 294 g/mol. The molecule has 2 aromatic carbocycles. The van der Waals surface area contributed by atoms with E-state index in [-0.39, 0.29) is 0 Å². The number of hydrogen-bond donors (Lipinski definition) is 1. The molecule has 1 aliphatic heterocycles. The van der Waals surface area contributed by atoms with Crippen LogP contribution in [0.2, 0.25) is 0 Å². The van der Waals surface area contributed by atoms with Crippen LogP contribution in [0.25, 0.3) is 0 Å². The van der Waals surface area contributed by atoms with Gasteiger partial charge in [-0.25, -0.2) is 0 Å². The second-order valence-corrected chi connectivity index (χ2v) is 7.44. The fraction of sp³-hybridized carbons (Fsp3) is 0.455. The van der Waals surface area contributed by atoms with Gasteiger partial charge in [0.05, 0.1) is 12.6 Å². The van der Waals surface area contributed by atoms with E-state index in [0.717, 1.165) is 30.0 Å². The molecule has 1 saturated carbocycles. The highest BCUT2D eigenvalue weighted by Crippen LogP contribution is 2.29. The first-order valence-electron chi connectivity index (χ1n) is 9.55. The lowest BCUT2D eigenvalue weighted by Crippen LogP contribution is -3.16. The molecular formula is C22H28NO+. The molecule has 0 radical (unpaired) electrons. The molecule has 2 fully saturated rings. The second kappa shape index (κ2) is 7.40. The van der Waals surface area contributed by atoms with Gasteiger partial charge in [-0.05, 0) is 56.4 Å². The lowest BCUT2D eigenvalue weighted by molar-refractivity contribution is -0.949. The van der Waals surface area contributed by atoms with Crippen LogP contribution in [0, 0.1) is 5.92 Å². The van der Waals surface area contributed by atoms with Crippen LogP contribution in [-0.2, 0) is 6.54 Å². The molecule has 1 saturated heterocycles. The largest absolute Gasteiger partial charge is 0.457 e. The Morgan fingerprint density at radius 1 is 0.833 bits per heavy atom. The molecule has 1 unspecified atom stereocenters. The maximum Gasteiger partial charge on any atom is 0.127 e. The SMILES string of the molecule is c1ccc(Oc2cccc(C[NH+]3CCC[C@H]4CCCC[C@@H]43)c2)cc1. The molecule has 1 heterocycles. The average molecular weight is 322 g/mol. The number of fused-ring (bicyclic) bond motifs is 1. The molecule has 24 heavy (non-hydrogen) atoms. The van der Waals surface area contributed by atoms with Crippen molar-refractivity contribution in [3.63, 3.8) is 0 Å². The predicted octanol–water partition coefficient (Wildman–Crippen LogP) is 4.22. The molecule has 1 aliphatic carbocycles. The molecule has 0 amide bonds. The number of piperidine rings is 1. The Morgan fingerprint density at radius 3 is 2.54 bits per heavy atom. The molecule has 0 aromatic heterocycles. The van der Waals surface area contributed by atoms with Crippen LogP contribution in [0.5, 0.6) is 11.5 Å². The summed E-state index contributed by atoms with van der Waals surface area (Å²) in [5.41, 5.74) is 1.41. The number of likely N-dealkylation sites (tertiary alicyclic amines) is 1. The minimum Gasteiger partial charge on any atom is -0.457 e. The van der Waals surface area contributed by atoms with Crippen LogP contribution in [0.1, 0.15) is 44.1 Å². The number of ether oxygens (including phenoxy) is 1. The van der Waals surface area contributed by atoms with E-state index in [0.29, 0.717) is 0 Å². The fourth-order valence-corrected chi connectivity index (χ4v) is 4.69. The summed E-state index contributed by atoms with van der Waals surface area (Å²) in [5.74, 6) is 2.84. The molecule has 2 nitrogen and oxygen atoms in total. The van der Waals surface area contributed by atoms with Crippen molar-refractivity contribution in [2.24, 2.45) is 5.92 Å². The van der Waals surface area contributed by atoms with E-state index in [1.807, 2.05) is 35.2 Å². The van der Waals surface area contributed by atoms with Crippen LogP contribution in [-0.4, -0.2) is 12.6 Å². The second-order valence-electron chi connectivity index (χ2n) is 7.44. The van der Waals surface area contributed by atoms with Crippen molar-refractivity contribution in [2.75, 3.05) is 6.54 Å². The Kier molecular flexibility index (Phi) is 4.84. The van der Waals surface area contributed by atoms with Crippen LogP contribution >= 0.6 is 0 Å². The van der Waals surface area contributed by atoms with Crippen LogP contribution < -0.4 is 9.64 Å². The van der Waals surface area contributed by atoms with Crippen LogP contribution in [0.15, 0.2) is 54.6 Å². The van der Waals surface area contributed by atoms with Gasteiger partial charge in [0.25, 0.3) is 0 Å². The van der Waals surface area contributed by atoms with Crippen molar-refractivity contribution in [1.29, 1.82) is 0 Å². The number of benzene rings is 2. The standard InChI is InChI=1S/C22H27NO/c1-2-11-20(12-3-1)24-21-13-6-8-18(16-21)17-23-15-7-10-19-9-4-5-14-22(19)23/h1-3,6,8,11-13,16,19,22H,4-5,7,9-10,14-15,17H2/p+1/t19-,22+/m1/s1. The summed E-state index contributed by atoms with van der Waals surface area (Å²) in [6, 6.07) is 19.6. The maximum absolute atomic E-state index is 6.01. The van der Waals surface area contributed by atoms with Gasteiger partial charge in [-0.15, -0.1) is 0 Å². The van der Waals surface area contributed by atoms with Crippen molar-refractivity contribution < 1.29 is 9.64 Å². The van der Waals surface area contributed by atoms with E-state index in [9.17, 15) is 0 Å². The first-order chi connectivity index (χ1) is 11.9. The molecule has 2 aromatic rings. The van der Waals surface area contributed by atoms with Gasteiger partial charge in [-0.1, -0.05) is 36.8 Å². The Labute approximate surface area is 145 Å². The average Bonchev–Trinajstić information content (AvgIpc) is 2.63. The molecule has 0 bridgehead atoms. The Bertz CT molecular complexity index is 652. The van der Waals surface area contributed by atoms with E-state index in [4.69, 9.17) is 4.74 Å². The summed E-state index contributed by atoms with van der Waals surface area (Å²) >= 11 is 0. The lowest BCUT2D eigenvalue weighted by Gasteiger charge is -2.41. The third-order valence-electron chi connectivity index (χ3n) is 5.81. The van der Waals surface area contributed by atoms with E-state index in [2.05, 4.69) is 24.3 Å². The summed E-state index contributed by atoms with van der Waals surface area (Å²) in [6.45, 7) is 2.48. The summed E-state index contributed by atoms with van der Waals surface area (Å²) in [7, 11) is 0. The first kappa shape index (κ1) is 15.7. The number of rotatable bonds is 4. The van der Waals surface area contributed by atoms with E-state index in [1.165, 1.54) is 50.6 Å². The molecule has 0 spiro atoms. The van der Waals surface area contributed by atoms with Gasteiger partial charge in [0.1, 0.15) is 18.0 Å². The van der Waals surface area contributed by atoms with Crippen molar-refractivity contribution in [1.82, 2.24) is 0 Å². The van der Waals surface area contributed by atoms with Gasteiger partial charge in [0, 0.05) is 11.5 Å². The number of quaternary nitrogens is 1. The third kappa shape index (κ3) is 3.64. The predicted molar refractivity (Wildman–Crippen MR) is 97.5 cm³/mol. The van der Waals surface area contributed by atoms with E-state index in [1.54, 1.807) is 0 Å². The van der Waals surface area contributed by atoms with Crippen molar-refractivity contribution in [2.45, 2.75) is 51.1 Å². The summed E-state index contributed by atoms with van der Waals surface area (Å²) in [5, 5.41) is 0. The lowest BCUT2D eigenvalue weighted by atomic mass is 9.78. The first-order valence-corrected chi connectivity index (χ1v) is 9.55. The highest BCUT2D eigenvalue weighted by atomic mass is 16.5. The summed E-state index contributed by atoms with van der Waals surface area (Å²) in [4.78, 5) is 1.81. The summed E-state index contributed by atoms with van der Waals surface area (Å²) < 4.78 is 6.01. The van der Waals surface area contributed by atoms with Gasteiger partial charge in [-0.3, -0.25) is 0 Å². The molecule has 3 atom stereocenters. The molecule has 2 aliphatic rings. The Balaban J connectivity index is 1.45. The van der Waals surface area contributed by atoms with Gasteiger partial charge in [0.15, 0.2) is 0 Å².